The van der Waals surface area contributed by atoms with E-state index in [4.69, 9.17) is 5.84 Å². The number of nitrogens with two attached hydrogens (primary N) is 1. The summed E-state index contributed by atoms with van der Waals surface area (Å²) in [4.78, 5) is 8.82. The average Bonchev–Trinajstić information content (AvgIpc) is 2.43. The van der Waals surface area contributed by atoms with Crippen LogP contribution in [0.15, 0.2) is 28.7 Å². The van der Waals surface area contributed by atoms with E-state index in [1.54, 1.807) is 6.07 Å². The molecule has 0 spiro atoms. The molecule has 106 valence electrons. The third-order valence-corrected chi connectivity index (χ3v) is 3.47. The van der Waals surface area contributed by atoms with Crippen molar-refractivity contribution in [3.63, 3.8) is 0 Å². The van der Waals surface area contributed by atoms with Crippen LogP contribution >= 0.6 is 15.9 Å². The van der Waals surface area contributed by atoms with Gasteiger partial charge in [-0.2, -0.15) is 0 Å². The third-order valence-electron chi connectivity index (χ3n) is 2.78. The first-order valence-electron chi connectivity index (χ1n) is 6.50. The van der Waals surface area contributed by atoms with Crippen LogP contribution in [0.2, 0.25) is 0 Å². The van der Waals surface area contributed by atoms with Crippen LogP contribution in [0, 0.1) is 6.92 Å². The zero-order valence-electron chi connectivity index (χ0n) is 11.6. The number of aromatic nitrogens is 2. The highest BCUT2D eigenvalue weighted by Gasteiger charge is 2.06. The Morgan fingerprint density at radius 1 is 1.20 bits per heavy atom. The quantitative estimate of drug-likeness (QED) is 0.575. The molecule has 5 nitrogen and oxygen atoms in total. The van der Waals surface area contributed by atoms with Crippen LogP contribution in [0.1, 0.15) is 24.7 Å². The van der Waals surface area contributed by atoms with Crippen LogP contribution < -0.4 is 16.6 Å². The number of hydrogen-bond donors (Lipinski definition) is 3. The first kappa shape index (κ1) is 14.7. The standard InChI is InChI=1S/C14H18BrN5/c1-3-4-12-18-13(8-14(19-12)20-16)17-11-7-9(2)5-6-10(11)15/h5-8H,3-4,16H2,1-2H3,(H2,17,18,19,20). The fraction of sp³-hybridized carbons (Fsp3) is 0.286. The Balaban J connectivity index is 2.32. The van der Waals surface area contributed by atoms with Gasteiger partial charge in [0.15, 0.2) is 0 Å². The van der Waals surface area contributed by atoms with Crippen molar-refractivity contribution in [2.45, 2.75) is 26.7 Å². The number of nitrogens with one attached hydrogen (secondary N) is 2. The molecular weight excluding hydrogens is 318 g/mol. The molecule has 0 fully saturated rings. The summed E-state index contributed by atoms with van der Waals surface area (Å²) in [6.07, 6.45) is 1.81. The summed E-state index contributed by atoms with van der Waals surface area (Å²) in [6.45, 7) is 4.14. The maximum atomic E-state index is 5.45. The third kappa shape index (κ3) is 3.68. The van der Waals surface area contributed by atoms with E-state index in [2.05, 4.69) is 49.6 Å². The first-order chi connectivity index (χ1) is 9.62. The molecule has 0 aliphatic heterocycles. The number of halogens is 1. The molecule has 2 aromatic rings. The van der Waals surface area contributed by atoms with Crippen LogP contribution in [0.4, 0.5) is 17.3 Å². The summed E-state index contributed by atoms with van der Waals surface area (Å²) < 4.78 is 0.987. The summed E-state index contributed by atoms with van der Waals surface area (Å²) in [6, 6.07) is 7.90. The summed E-state index contributed by atoms with van der Waals surface area (Å²) in [5.74, 6) is 7.56. The Hall–Kier alpha value is -1.66. The van der Waals surface area contributed by atoms with E-state index in [1.165, 1.54) is 5.56 Å². The number of hydrogen-bond acceptors (Lipinski definition) is 5. The van der Waals surface area contributed by atoms with E-state index < -0.39 is 0 Å². The molecule has 0 saturated carbocycles. The van der Waals surface area contributed by atoms with E-state index >= 15 is 0 Å². The van der Waals surface area contributed by atoms with Crippen molar-refractivity contribution in [2.24, 2.45) is 5.84 Å². The number of anilines is 3. The summed E-state index contributed by atoms with van der Waals surface area (Å²) in [7, 11) is 0. The highest BCUT2D eigenvalue weighted by atomic mass is 79.9. The Labute approximate surface area is 127 Å². The highest BCUT2D eigenvalue weighted by molar-refractivity contribution is 9.10. The van der Waals surface area contributed by atoms with Gasteiger partial charge in [-0.3, -0.25) is 0 Å². The molecular formula is C14H18BrN5. The van der Waals surface area contributed by atoms with Gasteiger partial charge in [-0.1, -0.05) is 13.0 Å². The Bertz CT molecular complexity index is 600. The number of hydrazine groups is 1. The monoisotopic (exact) mass is 335 g/mol. The van der Waals surface area contributed by atoms with Crippen LogP contribution in [0.3, 0.4) is 0 Å². The molecule has 1 heterocycles. The predicted molar refractivity (Wildman–Crippen MR) is 86.0 cm³/mol. The van der Waals surface area contributed by atoms with E-state index in [0.717, 1.165) is 34.6 Å². The summed E-state index contributed by atoms with van der Waals surface area (Å²) >= 11 is 3.53. The summed E-state index contributed by atoms with van der Waals surface area (Å²) in [5.41, 5.74) is 4.72. The molecule has 0 atom stereocenters. The minimum atomic E-state index is 0.606. The fourth-order valence-electron chi connectivity index (χ4n) is 1.84. The molecule has 0 unspecified atom stereocenters. The second-order valence-electron chi connectivity index (χ2n) is 4.56. The fourth-order valence-corrected chi connectivity index (χ4v) is 2.19. The summed E-state index contributed by atoms with van der Waals surface area (Å²) in [5, 5.41) is 3.29. The first-order valence-corrected chi connectivity index (χ1v) is 7.29. The SMILES string of the molecule is CCCc1nc(NN)cc(Nc2cc(C)ccc2Br)n1. The normalized spacial score (nSPS) is 10.4. The second kappa shape index (κ2) is 6.67. The molecule has 0 radical (unpaired) electrons. The Morgan fingerprint density at radius 3 is 2.65 bits per heavy atom. The second-order valence-corrected chi connectivity index (χ2v) is 5.41. The highest BCUT2D eigenvalue weighted by Crippen LogP contribution is 2.26. The molecule has 2 rings (SSSR count). The lowest BCUT2D eigenvalue weighted by molar-refractivity contribution is 0.837. The molecule has 1 aromatic carbocycles. The zero-order chi connectivity index (χ0) is 14.5. The van der Waals surface area contributed by atoms with Crippen molar-refractivity contribution in [2.75, 3.05) is 10.7 Å². The minimum absolute atomic E-state index is 0.606. The van der Waals surface area contributed by atoms with Crippen LogP contribution in [-0.4, -0.2) is 9.97 Å². The van der Waals surface area contributed by atoms with Crippen molar-refractivity contribution in [3.05, 3.63) is 40.1 Å². The van der Waals surface area contributed by atoms with Gasteiger partial charge in [0, 0.05) is 17.0 Å². The smallest absolute Gasteiger partial charge is 0.145 e. The van der Waals surface area contributed by atoms with Gasteiger partial charge in [0.25, 0.3) is 0 Å². The number of benzene rings is 1. The number of rotatable bonds is 5. The molecule has 0 amide bonds. The molecule has 4 N–H and O–H groups in total. The van der Waals surface area contributed by atoms with Crippen molar-refractivity contribution in [1.82, 2.24) is 9.97 Å². The van der Waals surface area contributed by atoms with Gasteiger partial charge in [0.05, 0.1) is 5.69 Å². The number of nitrogens with zero attached hydrogens (tertiary/aromatic N) is 2. The Morgan fingerprint density at radius 2 is 1.95 bits per heavy atom. The van der Waals surface area contributed by atoms with Crippen LogP contribution in [0.25, 0.3) is 0 Å². The molecule has 6 heteroatoms. The predicted octanol–water partition coefficient (Wildman–Crippen LogP) is 3.53. The van der Waals surface area contributed by atoms with E-state index in [9.17, 15) is 0 Å². The van der Waals surface area contributed by atoms with E-state index in [-0.39, 0.29) is 0 Å². The molecule has 0 aliphatic carbocycles. The number of aryl methyl sites for hydroxylation is 2. The average molecular weight is 336 g/mol. The van der Waals surface area contributed by atoms with Gasteiger partial charge < -0.3 is 10.7 Å². The van der Waals surface area contributed by atoms with Gasteiger partial charge in [-0.15, -0.1) is 0 Å². The molecule has 1 aromatic heterocycles. The molecule has 0 bridgehead atoms. The Kier molecular flexibility index (Phi) is 4.92. The van der Waals surface area contributed by atoms with Crippen molar-refractivity contribution in [1.29, 1.82) is 0 Å². The molecule has 0 aliphatic rings. The van der Waals surface area contributed by atoms with Crippen LogP contribution in [0.5, 0.6) is 0 Å². The van der Waals surface area contributed by atoms with E-state index in [0.29, 0.717) is 5.82 Å². The topological polar surface area (TPSA) is 75.9 Å². The van der Waals surface area contributed by atoms with Crippen LogP contribution in [-0.2, 0) is 6.42 Å². The van der Waals surface area contributed by atoms with Gasteiger partial charge in [0.2, 0.25) is 0 Å². The minimum Gasteiger partial charge on any atom is -0.339 e. The van der Waals surface area contributed by atoms with Gasteiger partial charge >= 0.3 is 0 Å². The maximum absolute atomic E-state index is 5.45. The van der Waals surface area contributed by atoms with Crippen molar-refractivity contribution < 1.29 is 0 Å². The van der Waals surface area contributed by atoms with E-state index in [1.807, 2.05) is 19.1 Å². The lowest BCUT2D eigenvalue weighted by Gasteiger charge is -2.11. The molecule has 0 saturated heterocycles. The molecule has 20 heavy (non-hydrogen) atoms. The van der Waals surface area contributed by atoms with Gasteiger partial charge in [-0.25, -0.2) is 15.8 Å². The van der Waals surface area contributed by atoms with Crippen molar-refractivity contribution in [3.8, 4) is 0 Å². The lowest BCUT2D eigenvalue weighted by atomic mass is 10.2. The largest absolute Gasteiger partial charge is 0.339 e. The van der Waals surface area contributed by atoms with Gasteiger partial charge in [-0.05, 0) is 47.0 Å². The zero-order valence-corrected chi connectivity index (χ0v) is 13.2. The van der Waals surface area contributed by atoms with Gasteiger partial charge in [0.1, 0.15) is 17.5 Å². The lowest BCUT2D eigenvalue weighted by Crippen LogP contribution is -2.11. The van der Waals surface area contributed by atoms with Crippen molar-refractivity contribution >= 4 is 33.3 Å². The number of nitrogen functional groups attached to an aromatic ring is 1. The maximum Gasteiger partial charge on any atom is 0.145 e.